The van der Waals surface area contributed by atoms with Crippen LogP contribution in [0.15, 0.2) is 72.9 Å². The number of fused-ring (bicyclic) bond motifs is 2. The molecule has 3 aromatic carbocycles. The molecule has 2 aliphatic heterocycles. The van der Waals surface area contributed by atoms with Crippen LogP contribution in [0.2, 0.25) is 5.02 Å². The number of hydrogen-bond donors (Lipinski definition) is 1. The third-order valence-electron chi connectivity index (χ3n) is 7.28. The number of nitrogens with zero attached hydrogens (tertiary/aromatic N) is 4. The second kappa shape index (κ2) is 8.82. The van der Waals surface area contributed by atoms with Crippen LogP contribution in [0.25, 0.3) is 10.9 Å². The molecular weight excluding hydrogens is 462 g/mol. The standard InChI is InChI=1S/C27H26ClN5O2/c28-20-8-9-26(33(34)35)27(16-20)30-14-11-21(12-15-30)32-18-31(24-6-1-2-7-25(24)32)17-19-4-3-5-23-22(19)10-13-29-23/h1-10,13,16,21,29H,11-12,14-15,17-18H2. The first-order chi connectivity index (χ1) is 17.1. The molecule has 7 nitrogen and oxygen atoms in total. The van der Waals surface area contributed by atoms with Gasteiger partial charge in [-0.3, -0.25) is 10.1 Å². The highest BCUT2D eigenvalue weighted by molar-refractivity contribution is 6.31. The number of para-hydroxylation sites is 2. The fraction of sp³-hybridized carbons (Fsp3) is 0.259. The van der Waals surface area contributed by atoms with Crippen molar-refractivity contribution < 1.29 is 4.92 Å². The lowest BCUT2D eigenvalue weighted by molar-refractivity contribution is -0.384. The highest BCUT2D eigenvalue weighted by atomic mass is 35.5. The minimum Gasteiger partial charge on any atom is -0.366 e. The molecule has 8 heteroatoms. The van der Waals surface area contributed by atoms with Gasteiger partial charge in [-0.05, 0) is 54.8 Å². The molecule has 0 atom stereocenters. The van der Waals surface area contributed by atoms with Crippen LogP contribution in [0.1, 0.15) is 18.4 Å². The lowest BCUT2D eigenvalue weighted by atomic mass is 10.0. The van der Waals surface area contributed by atoms with E-state index in [0.717, 1.165) is 44.7 Å². The summed E-state index contributed by atoms with van der Waals surface area (Å²) in [6.45, 7) is 3.19. The average Bonchev–Trinajstić information content (AvgIpc) is 3.50. The van der Waals surface area contributed by atoms with Gasteiger partial charge in [0.15, 0.2) is 0 Å². The molecule has 0 bridgehead atoms. The minimum absolute atomic E-state index is 0.115. The molecule has 0 saturated carbocycles. The molecule has 3 heterocycles. The van der Waals surface area contributed by atoms with E-state index >= 15 is 0 Å². The number of benzene rings is 3. The smallest absolute Gasteiger partial charge is 0.292 e. The van der Waals surface area contributed by atoms with Crippen LogP contribution in [0.3, 0.4) is 0 Å². The molecule has 35 heavy (non-hydrogen) atoms. The molecule has 1 saturated heterocycles. The van der Waals surface area contributed by atoms with Crippen molar-refractivity contribution in [3.8, 4) is 0 Å². The van der Waals surface area contributed by atoms with Gasteiger partial charge in [0.05, 0.1) is 23.0 Å². The van der Waals surface area contributed by atoms with Gasteiger partial charge < -0.3 is 19.7 Å². The van der Waals surface area contributed by atoms with Gasteiger partial charge in [0.1, 0.15) is 5.69 Å². The second-order valence-electron chi connectivity index (χ2n) is 9.26. The van der Waals surface area contributed by atoms with Gasteiger partial charge in [0.2, 0.25) is 0 Å². The van der Waals surface area contributed by atoms with E-state index < -0.39 is 0 Å². The number of piperidine rings is 1. The molecule has 2 aliphatic rings. The first kappa shape index (κ1) is 21.8. The van der Waals surface area contributed by atoms with Gasteiger partial charge in [-0.1, -0.05) is 35.9 Å². The molecule has 1 N–H and O–H groups in total. The fourth-order valence-corrected chi connectivity index (χ4v) is 5.74. The number of anilines is 3. The Labute approximate surface area is 208 Å². The summed E-state index contributed by atoms with van der Waals surface area (Å²) in [7, 11) is 0. The molecule has 1 fully saturated rings. The summed E-state index contributed by atoms with van der Waals surface area (Å²) in [6, 6.07) is 22.4. The zero-order valence-electron chi connectivity index (χ0n) is 19.2. The monoisotopic (exact) mass is 487 g/mol. The van der Waals surface area contributed by atoms with Crippen molar-refractivity contribution in [3.63, 3.8) is 0 Å². The number of aromatic amines is 1. The summed E-state index contributed by atoms with van der Waals surface area (Å²) in [5, 5.41) is 13.3. The van der Waals surface area contributed by atoms with Gasteiger partial charge in [0, 0.05) is 53.9 Å². The molecule has 0 unspecified atom stereocenters. The molecule has 0 aliphatic carbocycles. The Morgan fingerprint density at radius 1 is 0.971 bits per heavy atom. The van der Waals surface area contributed by atoms with Crippen molar-refractivity contribution in [1.82, 2.24) is 4.98 Å². The molecule has 6 rings (SSSR count). The normalized spacial score (nSPS) is 16.2. The number of hydrogen-bond acceptors (Lipinski definition) is 5. The molecule has 0 amide bonds. The van der Waals surface area contributed by atoms with Crippen molar-refractivity contribution >= 4 is 45.3 Å². The van der Waals surface area contributed by atoms with E-state index in [2.05, 4.69) is 68.2 Å². The van der Waals surface area contributed by atoms with Crippen molar-refractivity contribution in [3.05, 3.63) is 93.6 Å². The topological polar surface area (TPSA) is 68.7 Å². The van der Waals surface area contributed by atoms with Crippen molar-refractivity contribution in [2.75, 3.05) is 34.5 Å². The zero-order valence-corrected chi connectivity index (χ0v) is 20.0. The Bertz CT molecular complexity index is 1400. The summed E-state index contributed by atoms with van der Waals surface area (Å²) in [5.41, 5.74) is 5.72. The molecular formula is C27H26ClN5O2. The van der Waals surface area contributed by atoms with Gasteiger partial charge >= 0.3 is 0 Å². The Kier molecular flexibility index (Phi) is 5.49. The molecule has 1 aromatic heterocycles. The Balaban J connectivity index is 1.21. The SMILES string of the molecule is O=[N+]([O-])c1ccc(Cl)cc1N1CCC(N2CN(Cc3cccc4[nH]ccc34)c3ccccc32)CC1. The summed E-state index contributed by atoms with van der Waals surface area (Å²) >= 11 is 6.18. The van der Waals surface area contributed by atoms with Crippen LogP contribution < -0.4 is 14.7 Å². The summed E-state index contributed by atoms with van der Waals surface area (Å²) in [6.07, 6.45) is 3.86. The van der Waals surface area contributed by atoms with E-state index in [1.54, 1.807) is 12.1 Å². The number of halogens is 1. The van der Waals surface area contributed by atoms with E-state index in [1.807, 2.05) is 6.20 Å². The molecule has 0 radical (unpaired) electrons. The predicted molar refractivity (Wildman–Crippen MR) is 142 cm³/mol. The molecule has 4 aromatic rings. The van der Waals surface area contributed by atoms with Crippen molar-refractivity contribution in [1.29, 1.82) is 0 Å². The van der Waals surface area contributed by atoms with Gasteiger partial charge in [-0.15, -0.1) is 0 Å². The third-order valence-corrected chi connectivity index (χ3v) is 7.52. The third kappa shape index (κ3) is 3.96. The molecule has 0 spiro atoms. The average molecular weight is 488 g/mol. The summed E-state index contributed by atoms with van der Waals surface area (Å²) < 4.78 is 0. The number of nitro benzene ring substituents is 1. The second-order valence-corrected chi connectivity index (χ2v) is 9.70. The summed E-state index contributed by atoms with van der Waals surface area (Å²) in [5.74, 6) is 0. The van der Waals surface area contributed by atoms with Gasteiger partial charge in [0.25, 0.3) is 5.69 Å². The lowest BCUT2D eigenvalue weighted by Gasteiger charge is -2.38. The maximum atomic E-state index is 11.6. The fourth-order valence-electron chi connectivity index (χ4n) is 5.57. The Morgan fingerprint density at radius 2 is 1.77 bits per heavy atom. The van der Waals surface area contributed by atoms with E-state index in [-0.39, 0.29) is 10.6 Å². The Morgan fingerprint density at radius 3 is 2.57 bits per heavy atom. The summed E-state index contributed by atoms with van der Waals surface area (Å²) in [4.78, 5) is 21.6. The highest BCUT2D eigenvalue weighted by Crippen LogP contribution is 2.41. The number of nitro groups is 1. The van der Waals surface area contributed by atoms with E-state index in [9.17, 15) is 10.1 Å². The van der Waals surface area contributed by atoms with Crippen molar-refractivity contribution in [2.45, 2.75) is 25.4 Å². The first-order valence-electron chi connectivity index (χ1n) is 11.9. The zero-order chi connectivity index (χ0) is 23.9. The van der Waals surface area contributed by atoms with Crippen LogP contribution in [-0.4, -0.2) is 35.7 Å². The van der Waals surface area contributed by atoms with E-state index in [0.29, 0.717) is 16.8 Å². The van der Waals surface area contributed by atoms with E-state index in [1.165, 1.54) is 28.4 Å². The van der Waals surface area contributed by atoms with Crippen LogP contribution in [0, 0.1) is 10.1 Å². The predicted octanol–water partition coefficient (Wildman–Crippen LogP) is 6.18. The number of aromatic nitrogens is 1. The van der Waals surface area contributed by atoms with Gasteiger partial charge in [-0.25, -0.2) is 0 Å². The number of nitrogens with one attached hydrogen (secondary N) is 1. The van der Waals surface area contributed by atoms with Gasteiger partial charge in [-0.2, -0.15) is 0 Å². The lowest BCUT2D eigenvalue weighted by Crippen LogP contribution is -2.46. The highest BCUT2D eigenvalue weighted by Gasteiger charge is 2.34. The first-order valence-corrected chi connectivity index (χ1v) is 12.3. The van der Waals surface area contributed by atoms with E-state index in [4.69, 9.17) is 11.6 Å². The van der Waals surface area contributed by atoms with Crippen LogP contribution >= 0.6 is 11.6 Å². The van der Waals surface area contributed by atoms with Crippen LogP contribution in [0.4, 0.5) is 22.7 Å². The number of rotatable bonds is 5. The maximum absolute atomic E-state index is 11.6. The quantitative estimate of drug-likeness (QED) is 0.269. The van der Waals surface area contributed by atoms with Crippen molar-refractivity contribution in [2.24, 2.45) is 0 Å². The minimum atomic E-state index is -0.322. The largest absolute Gasteiger partial charge is 0.366 e. The maximum Gasteiger partial charge on any atom is 0.292 e. The van der Waals surface area contributed by atoms with Crippen LogP contribution in [0.5, 0.6) is 0 Å². The number of H-pyrrole nitrogens is 1. The Hall–Kier alpha value is -3.71. The van der Waals surface area contributed by atoms with Crippen LogP contribution in [-0.2, 0) is 6.54 Å². The molecule has 178 valence electrons.